The van der Waals surface area contributed by atoms with Crippen molar-refractivity contribution in [3.63, 3.8) is 0 Å². The molecule has 2 amide bonds. The largest absolute Gasteiger partial charge is 0.324 e. The maximum Gasteiger partial charge on any atom is 0.255 e. The lowest BCUT2D eigenvalue weighted by molar-refractivity contribution is -0.113. The van der Waals surface area contributed by atoms with E-state index in [1.165, 1.54) is 11.8 Å². The van der Waals surface area contributed by atoms with Crippen molar-refractivity contribution >= 4 is 62.5 Å². The highest BCUT2D eigenvalue weighted by atomic mass is 79.9. The summed E-state index contributed by atoms with van der Waals surface area (Å²) in [4.78, 5) is 25.4. The molecule has 0 spiro atoms. The quantitative estimate of drug-likeness (QED) is 0.424. The fraction of sp³-hybridized carbons (Fsp3) is 0.0476. The van der Waals surface area contributed by atoms with Crippen molar-refractivity contribution in [2.24, 2.45) is 0 Å². The Morgan fingerprint density at radius 2 is 1.71 bits per heavy atom. The summed E-state index contributed by atoms with van der Waals surface area (Å²) in [6.45, 7) is 0. The third-order valence-corrected chi connectivity index (χ3v) is 5.62. The van der Waals surface area contributed by atoms with Gasteiger partial charge in [-0.05, 0) is 64.5 Å². The first-order valence-corrected chi connectivity index (χ1v) is 10.5. The highest BCUT2D eigenvalue weighted by molar-refractivity contribution is 9.10. The molecule has 28 heavy (non-hydrogen) atoms. The molecule has 2 N–H and O–H groups in total. The minimum atomic E-state index is -0.240. The van der Waals surface area contributed by atoms with Gasteiger partial charge in [0, 0.05) is 25.6 Å². The Bertz CT molecular complexity index is 1010. The Balaban J connectivity index is 1.58. The number of nitrogens with one attached hydrogen (secondary N) is 2. The summed E-state index contributed by atoms with van der Waals surface area (Å²) in [5.74, 6) is -0.0888. The van der Waals surface area contributed by atoms with Gasteiger partial charge in [-0.2, -0.15) is 0 Å². The first-order valence-electron chi connectivity index (χ1n) is 8.35. The van der Waals surface area contributed by atoms with Crippen molar-refractivity contribution in [2.75, 3.05) is 16.4 Å². The molecule has 3 aromatic rings. The average molecular weight is 476 g/mol. The number of halogens is 2. The van der Waals surface area contributed by atoms with E-state index in [4.69, 9.17) is 11.6 Å². The van der Waals surface area contributed by atoms with Crippen LogP contribution in [-0.4, -0.2) is 17.6 Å². The summed E-state index contributed by atoms with van der Waals surface area (Å²) >= 11 is 10.7. The van der Waals surface area contributed by atoms with E-state index in [2.05, 4.69) is 26.6 Å². The van der Waals surface area contributed by atoms with E-state index in [0.717, 1.165) is 15.1 Å². The molecule has 0 heterocycles. The van der Waals surface area contributed by atoms with Crippen LogP contribution in [0.4, 0.5) is 11.4 Å². The maximum atomic E-state index is 12.3. The molecule has 0 unspecified atom stereocenters. The Hall–Kier alpha value is -2.28. The summed E-state index contributed by atoms with van der Waals surface area (Å²) in [6, 6.07) is 21.6. The van der Waals surface area contributed by atoms with Crippen LogP contribution in [0.15, 0.2) is 82.2 Å². The molecule has 0 bridgehead atoms. The van der Waals surface area contributed by atoms with Crippen LogP contribution in [0.2, 0.25) is 5.02 Å². The summed E-state index contributed by atoms with van der Waals surface area (Å²) in [5.41, 5.74) is 1.87. The first-order chi connectivity index (χ1) is 13.5. The van der Waals surface area contributed by atoms with Gasteiger partial charge in [-0.25, -0.2) is 0 Å². The third-order valence-electron chi connectivity index (χ3n) is 3.70. The van der Waals surface area contributed by atoms with Crippen molar-refractivity contribution in [3.05, 3.63) is 87.9 Å². The number of carbonyl (C=O) groups excluding carboxylic acids is 2. The molecule has 142 valence electrons. The average Bonchev–Trinajstić information content (AvgIpc) is 2.68. The fourth-order valence-corrected chi connectivity index (χ4v) is 3.72. The fourth-order valence-electron chi connectivity index (χ4n) is 2.39. The minimum absolute atomic E-state index is 0.106. The molecule has 0 radical (unpaired) electrons. The van der Waals surface area contributed by atoms with Gasteiger partial charge in [0.15, 0.2) is 0 Å². The standard InChI is InChI=1S/C21H16BrClN2O2S/c22-18-9-1-2-10-19(18)25-20(26)13-28-17-8-4-7-16(12-17)24-21(27)14-5-3-6-15(23)11-14/h1-12H,13H2,(H,24,27)(H,25,26). The predicted molar refractivity (Wildman–Crippen MR) is 119 cm³/mol. The summed E-state index contributed by atoms with van der Waals surface area (Å²) in [6.07, 6.45) is 0. The minimum Gasteiger partial charge on any atom is -0.324 e. The van der Waals surface area contributed by atoms with E-state index in [0.29, 0.717) is 16.3 Å². The molecule has 0 aliphatic rings. The SMILES string of the molecule is O=C(CSc1cccc(NC(=O)c2cccc(Cl)c2)c1)Nc1ccccc1Br. The van der Waals surface area contributed by atoms with Crippen molar-refractivity contribution < 1.29 is 9.59 Å². The zero-order valence-corrected chi connectivity index (χ0v) is 17.8. The second-order valence-corrected chi connectivity index (χ2v) is 8.15. The van der Waals surface area contributed by atoms with E-state index in [1.807, 2.05) is 42.5 Å². The zero-order valence-electron chi connectivity index (χ0n) is 14.6. The number of benzene rings is 3. The van der Waals surface area contributed by atoms with Crippen LogP contribution in [0.1, 0.15) is 10.4 Å². The van der Waals surface area contributed by atoms with Crippen LogP contribution in [0.3, 0.4) is 0 Å². The van der Waals surface area contributed by atoms with E-state index in [9.17, 15) is 9.59 Å². The highest BCUT2D eigenvalue weighted by Crippen LogP contribution is 2.24. The molecule has 4 nitrogen and oxygen atoms in total. The molecular weight excluding hydrogens is 460 g/mol. The number of hydrogen-bond donors (Lipinski definition) is 2. The summed E-state index contributed by atoms with van der Waals surface area (Å²) in [7, 11) is 0. The topological polar surface area (TPSA) is 58.2 Å². The smallest absolute Gasteiger partial charge is 0.255 e. The lowest BCUT2D eigenvalue weighted by Crippen LogP contribution is -2.14. The number of rotatable bonds is 6. The molecule has 7 heteroatoms. The molecule has 3 aromatic carbocycles. The maximum absolute atomic E-state index is 12.3. The van der Waals surface area contributed by atoms with Gasteiger partial charge in [-0.15, -0.1) is 11.8 Å². The van der Waals surface area contributed by atoms with Gasteiger partial charge in [0.05, 0.1) is 11.4 Å². The number of anilines is 2. The second kappa shape index (κ2) is 9.78. The molecule has 3 rings (SSSR count). The van der Waals surface area contributed by atoms with Crippen LogP contribution < -0.4 is 10.6 Å². The van der Waals surface area contributed by atoms with E-state index >= 15 is 0 Å². The van der Waals surface area contributed by atoms with E-state index in [1.54, 1.807) is 30.3 Å². The number of hydrogen-bond acceptors (Lipinski definition) is 3. The summed E-state index contributed by atoms with van der Waals surface area (Å²) in [5, 5.41) is 6.22. The Morgan fingerprint density at radius 3 is 2.50 bits per heavy atom. The molecule has 0 aliphatic carbocycles. The van der Waals surface area contributed by atoms with Crippen molar-refractivity contribution in [3.8, 4) is 0 Å². The van der Waals surface area contributed by atoms with Gasteiger partial charge >= 0.3 is 0 Å². The normalized spacial score (nSPS) is 10.4. The Kier molecular flexibility index (Phi) is 7.14. The number of para-hydroxylation sites is 1. The highest BCUT2D eigenvalue weighted by Gasteiger charge is 2.09. The first kappa shape index (κ1) is 20.5. The lowest BCUT2D eigenvalue weighted by atomic mass is 10.2. The molecule has 0 saturated heterocycles. The molecule has 0 fully saturated rings. The second-order valence-electron chi connectivity index (χ2n) is 5.81. The molecule has 0 saturated carbocycles. The van der Waals surface area contributed by atoms with Gasteiger partial charge in [-0.1, -0.05) is 35.9 Å². The number of amides is 2. The predicted octanol–water partition coefficient (Wildman–Crippen LogP) is 6.09. The third kappa shape index (κ3) is 5.86. The van der Waals surface area contributed by atoms with Gasteiger partial charge in [0.25, 0.3) is 5.91 Å². The lowest BCUT2D eigenvalue weighted by Gasteiger charge is -2.09. The van der Waals surface area contributed by atoms with Gasteiger partial charge < -0.3 is 10.6 Å². The van der Waals surface area contributed by atoms with Gasteiger partial charge in [0.2, 0.25) is 5.91 Å². The number of thioether (sulfide) groups is 1. The van der Waals surface area contributed by atoms with Crippen LogP contribution in [0.5, 0.6) is 0 Å². The van der Waals surface area contributed by atoms with Crippen LogP contribution in [-0.2, 0) is 4.79 Å². The van der Waals surface area contributed by atoms with Gasteiger partial charge in [-0.3, -0.25) is 9.59 Å². The molecule has 0 aliphatic heterocycles. The van der Waals surface area contributed by atoms with E-state index in [-0.39, 0.29) is 17.6 Å². The van der Waals surface area contributed by atoms with E-state index < -0.39 is 0 Å². The molecule has 0 atom stereocenters. The van der Waals surface area contributed by atoms with Crippen molar-refractivity contribution in [1.29, 1.82) is 0 Å². The molecule has 0 aromatic heterocycles. The monoisotopic (exact) mass is 474 g/mol. The van der Waals surface area contributed by atoms with Crippen LogP contribution in [0, 0.1) is 0 Å². The Labute approximate surface area is 180 Å². The Morgan fingerprint density at radius 1 is 0.929 bits per heavy atom. The van der Waals surface area contributed by atoms with Crippen molar-refractivity contribution in [2.45, 2.75) is 4.90 Å². The zero-order chi connectivity index (χ0) is 19.9. The number of carbonyl (C=O) groups is 2. The molecular formula is C21H16BrClN2O2S. The van der Waals surface area contributed by atoms with Crippen molar-refractivity contribution in [1.82, 2.24) is 0 Å². The van der Waals surface area contributed by atoms with Gasteiger partial charge in [0.1, 0.15) is 0 Å². The van der Waals surface area contributed by atoms with Crippen LogP contribution >= 0.6 is 39.3 Å². The summed E-state index contributed by atoms with van der Waals surface area (Å²) < 4.78 is 0.832. The van der Waals surface area contributed by atoms with Crippen LogP contribution in [0.25, 0.3) is 0 Å².